The Labute approximate surface area is 336 Å². The highest BCUT2D eigenvalue weighted by Gasteiger charge is 2.42. The van der Waals surface area contributed by atoms with Crippen LogP contribution in [0.2, 0.25) is 0 Å². The van der Waals surface area contributed by atoms with E-state index in [0.717, 1.165) is 0 Å². The van der Waals surface area contributed by atoms with Gasteiger partial charge in [0.1, 0.15) is 48.7 Å². The molecule has 0 aliphatic carbocycles. The monoisotopic (exact) mass is 830 g/mol. The van der Waals surface area contributed by atoms with Crippen molar-refractivity contribution in [1.29, 1.82) is 0 Å². The minimum atomic E-state index is -2.63. The van der Waals surface area contributed by atoms with E-state index in [1.165, 1.54) is 36.4 Å². The van der Waals surface area contributed by atoms with Crippen LogP contribution in [0.25, 0.3) is 11.2 Å². The lowest BCUT2D eigenvalue weighted by Crippen LogP contribution is -2.31. The van der Waals surface area contributed by atoms with Crippen LogP contribution in [0, 0.1) is 0 Å². The zero-order valence-corrected chi connectivity index (χ0v) is 32.3. The third kappa shape index (κ3) is 10.1. The lowest BCUT2D eigenvalue weighted by molar-refractivity contribution is -0.153. The van der Waals surface area contributed by atoms with E-state index in [1.807, 2.05) is 0 Å². The van der Waals surface area contributed by atoms with Gasteiger partial charge in [0.25, 0.3) is 11.8 Å². The van der Waals surface area contributed by atoms with Gasteiger partial charge in [-0.25, -0.2) is 19.7 Å². The minimum Gasteiger partial charge on any atom is -0.459 e. The van der Waals surface area contributed by atoms with E-state index >= 15 is 0 Å². The topological polar surface area (TPSA) is 257 Å². The van der Waals surface area contributed by atoms with Crippen LogP contribution >= 0.6 is 8.60 Å². The summed E-state index contributed by atoms with van der Waals surface area (Å²) in [5.41, 5.74) is 0.663. The highest BCUT2D eigenvalue weighted by atomic mass is 31.2. The number of ether oxygens (including phenoxy) is 3. The number of imidazole rings is 1. The fraction of sp³-hybridized carbons (Fsp3) is 0.342. The van der Waals surface area contributed by atoms with Crippen molar-refractivity contribution in [1.82, 2.24) is 29.1 Å². The SMILES string of the molecule is CC(=O)CCC(=O)O[C@H]1C[C@H](n2cnc3c(NC(=O)c4ccccc4)ncnc32)O[C@@H]1COP(O)O[C@H]1C[C@H](n2ccc(NC(=O)c3ccccc3)nc2=O)O[C@@H]1CO. The molecule has 21 heteroatoms. The van der Waals surface area contributed by atoms with Crippen molar-refractivity contribution in [3.05, 3.63) is 107 Å². The van der Waals surface area contributed by atoms with Crippen molar-refractivity contribution in [2.75, 3.05) is 23.8 Å². The molecule has 5 aromatic rings. The summed E-state index contributed by atoms with van der Waals surface area (Å²) in [7, 11) is -2.63. The van der Waals surface area contributed by atoms with Crippen LogP contribution in [0.3, 0.4) is 0 Å². The molecule has 2 amide bonds. The van der Waals surface area contributed by atoms with Crippen LogP contribution in [0.1, 0.15) is 65.8 Å². The summed E-state index contributed by atoms with van der Waals surface area (Å²) < 4.78 is 32.0. The van der Waals surface area contributed by atoms with Gasteiger partial charge < -0.3 is 48.7 Å². The van der Waals surface area contributed by atoms with Gasteiger partial charge in [0.2, 0.25) is 0 Å². The molecular weight excluding hydrogens is 791 g/mol. The molecule has 0 radical (unpaired) electrons. The zero-order chi connectivity index (χ0) is 41.5. The Hall–Kier alpha value is -5.86. The number of nitrogens with one attached hydrogen (secondary N) is 2. The van der Waals surface area contributed by atoms with Gasteiger partial charge in [-0.2, -0.15) is 4.98 Å². The van der Waals surface area contributed by atoms with Gasteiger partial charge in [-0.1, -0.05) is 36.4 Å². The second kappa shape index (κ2) is 18.8. The molecule has 59 heavy (non-hydrogen) atoms. The molecule has 2 aromatic carbocycles. The van der Waals surface area contributed by atoms with Crippen LogP contribution in [0.5, 0.6) is 0 Å². The molecule has 308 valence electrons. The second-order valence-electron chi connectivity index (χ2n) is 13.5. The first kappa shape index (κ1) is 41.3. The first-order chi connectivity index (χ1) is 28.6. The lowest BCUT2D eigenvalue weighted by atomic mass is 10.2. The lowest BCUT2D eigenvalue weighted by Gasteiger charge is -2.22. The van der Waals surface area contributed by atoms with Crippen molar-refractivity contribution in [3.63, 3.8) is 0 Å². The Morgan fingerprint density at radius 3 is 2.19 bits per heavy atom. The van der Waals surface area contributed by atoms with Crippen LogP contribution in [0.4, 0.5) is 11.6 Å². The van der Waals surface area contributed by atoms with E-state index in [0.29, 0.717) is 16.8 Å². The maximum Gasteiger partial charge on any atom is 0.351 e. The Kier molecular flexibility index (Phi) is 13.2. The summed E-state index contributed by atoms with van der Waals surface area (Å²) in [5, 5.41) is 15.4. The average Bonchev–Trinajstić information content (AvgIpc) is 3.97. The summed E-state index contributed by atoms with van der Waals surface area (Å²) in [6.07, 6.45) is -1.39. The number of aliphatic hydroxyl groups is 1. The van der Waals surface area contributed by atoms with Gasteiger partial charge in [0.05, 0.1) is 32.1 Å². The smallest absolute Gasteiger partial charge is 0.351 e. The summed E-state index contributed by atoms with van der Waals surface area (Å²) >= 11 is 0. The number of aromatic nitrogens is 6. The normalized spacial score (nSPS) is 21.9. The molecule has 7 rings (SSSR count). The van der Waals surface area contributed by atoms with Crippen LogP contribution in [-0.2, 0) is 32.8 Å². The largest absolute Gasteiger partial charge is 0.459 e. The molecule has 4 N–H and O–H groups in total. The molecule has 0 saturated carbocycles. The van der Waals surface area contributed by atoms with Crippen LogP contribution in [0.15, 0.2) is 90.4 Å². The number of aliphatic hydroxyl groups excluding tert-OH is 1. The molecule has 20 nitrogen and oxygen atoms in total. The van der Waals surface area contributed by atoms with E-state index in [1.54, 1.807) is 65.2 Å². The third-order valence-corrected chi connectivity index (χ3v) is 10.3. The Morgan fingerprint density at radius 1 is 0.847 bits per heavy atom. The number of nitrogens with zero attached hydrogens (tertiary/aromatic N) is 6. The number of Topliss-reactive ketones (excluding diaryl/α,β-unsaturated/α-hetero) is 1. The number of ketones is 1. The van der Waals surface area contributed by atoms with Gasteiger partial charge in [-0.05, 0) is 37.3 Å². The zero-order valence-electron chi connectivity index (χ0n) is 31.4. The summed E-state index contributed by atoms with van der Waals surface area (Å²) in [5.74, 6) is -1.47. The van der Waals surface area contributed by atoms with Crippen LogP contribution < -0.4 is 16.3 Å². The quantitative estimate of drug-likeness (QED) is 0.0823. The minimum absolute atomic E-state index is 0.0129. The fourth-order valence-electron chi connectivity index (χ4n) is 6.48. The Balaban J connectivity index is 0.993. The Morgan fingerprint density at radius 2 is 1.51 bits per heavy atom. The number of fused-ring (bicyclic) bond motifs is 1. The predicted molar refractivity (Wildman–Crippen MR) is 207 cm³/mol. The van der Waals surface area contributed by atoms with Crippen LogP contribution in [-0.4, -0.2) is 100 Å². The number of hydrogen-bond acceptors (Lipinski definition) is 16. The number of benzene rings is 2. The molecule has 7 atom stereocenters. The number of rotatable bonds is 16. The van der Waals surface area contributed by atoms with E-state index in [4.69, 9.17) is 23.3 Å². The number of hydrogen-bond donors (Lipinski definition) is 4. The molecule has 2 aliphatic rings. The molecule has 2 saturated heterocycles. The number of carbonyl (C=O) groups is 4. The van der Waals surface area contributed by atoms with Gasteiger partial charge >= 0.3 is 20.3 Å². The molecule has 1 unspecified atom stereocenters. The third-order valence-electron chi connectivity index (χ3n) is 9.43. The summed E-state index contributed by atoms with van der Waals surface area (Å²) in [4.78, 5) is 90.4. The first-order valence-electron chi connectivity index (χ1n) is 18.4. The number of carbonyl (C=O) groups excluding carboxylic acids is 4. The summed E-state index contributed by atoms with van der Waals surface area (Å²) in [6.45, 7) is 0.538. The van der Waals surface area contributed by atoms with E-state index in [9.17, 15) is 34.0 Å². The van der Waals surface area contributed by atoms with Gasteiger partial charge in [-0.3, -0.25) is 23.5 Å². The van der Waals surface area contributed by atoms with E-state index in [-0.39, 0.29) is 55.2 Å². The van der Waals surface area contributed by atoms with Crippen molar-refractivity contribution in [2.45, 2.75) is 69.5 Å². The molecule has 0 bridgehead atoms. The molecule has 0 spiro atoms. The van der Waals surface area contributed by atoms with Crippen molar-refractivity contribution < 1.29 is 52.4 Å². The molecule has 5 heterocycles. The van der Waals surface area contributed by atoms with Crippen molar-refractivity contribution in [2.24, 2.45) is 0 Å². The maximum atomic E-state index is 12.9. The Bertz CT molecular complexity index is 2350. The van der Waals surface area contributed by atoms with Gasteiger partial charge in [-0.15, -0.1) is 0 Å². The highest BCUT2D eigenvalue weighted by Crippen LogP contribution is 2.43. The first-order valence-corrected chi connectivity index (χ1v) is 19.6. The second-order valence-corrected chi connectivity index (χ2v) is 14.5. The van der Waals surface area contributed by atoms with Gasteiger partial charge in [0, 0.05) is 36.6 Å². The van der Waals surface area contributed by atoms with Crippen molar-refractivity contribution >= 4 is 55.0 Å². The molecule has 2 fully saturated rings. The average molecular weight is 831 g/mol. The van der Waals surface area contributed by atoms with E-state index < -0.39 is 75.6 Å². The highest BCUT2D eigenvalue weighted by molar-refractivity contribution is 7.40. The number of amides is 2. The maximum absolute atomic E-state index is 12.9. The van der Waals surface area contributed by atoms with Crippen molar-refractivity contribution in [3.8, 4) is 0 Å². The fourth-order valence-corrected chi connectivity index (χ4v) is 7.27. The predicted octanol–water partition coefficient (Wildman–Crippen LogP) is 3.06. The van der Waals surface area contributed by atoms with Gasteiger partial charge in [0.15, 0.2) is 17.0 Å². The standard InChI is InChI=1S/C38H39N8O12P/c1-22(48)12-13-32(49)57-25-16-31(46-21-41-33-34(39-20-40-35(33)46)44-37(51)24-10-6-3-7-11-24)56-28(25)19-54-59(53)58-26-17-30(55-27(26)18-47)45-15-14-29(43-38(45)52)42-36(50)23-8-4-2-5-9-23/h2-11,14-15,20-21,25-28,30-31,47,53H,12-13,16-19H2,1H3,(H,39,40,44,51)(H,42,43,50,52)/t25-,26-,27+,28+,30+,31+,59?/m0/s1. The summed E-state index contributed by atoms with van der Waals surface area (Å²) in [6, 6.07) is 18.4. The number of esters is 1. The molecule has 3 aromatic heterocycles. The number of anilines is 2. The molecular formula is C38H39N8O12P. The van der Waals surface area contributed by atoms with E-state index in [2.05, 4.69) is 30.6 Å². The molecule has 2 aliphatic heterocycles.